The monoisotopic (exact) mass is 298 g/mol. The van der Waals surface area contributed by atoms with Gasteiger partial charge in [-0.25, -0.2) is 4.79 Å². The smallest absolute Gasteiger partial charge is 0.332 e. The number of carboxylic acids is 1. The van der Waals surface area contributed by atoms with Gasteiger partial charge in [-0.15, -0.1) is 0 Å². The van der Waals surface area contributed by atoms with E-state index in [1.54, 1.807) is 0 Å². The second kappa shape index (κ2) is 15.6. The molecule has 0 heterocycles. The Morgan fingerprint density at radius 3 is 1.86 bits per heavy atom. The van der Waals surface area contributed by atoms with E-state index < -0.39 is 12.1 Å². The molecule has 0 spiro atoms. The molecule has 0 saturated carbocycles. The molecule has 0 amide bonds. The van der Waals surface area contributed by atoms with Crippen LogP contribution in [-0.2, 0) is 4.79 Å². The Morgan fingerprint density at radius 1 is 0.857 bits per heavy atom. The minimum absolute atomic E-state index is 0.382. The van der Waals surface area contributed by atoms with E-state index in [2.05, 4.69) is 19.1 Å². The third kappa shape index (κ3) is 15.4. The van der Waals surface area contributed by atoms with Crippen molar-refractivity contribution in [1.82, 2.24) is 0 Å². The van der Waals surface area contributed by atoms with Gasteiger partial charge in [0.25, 0.3) is 0 Å². The molecule has 0 aliphatic rings. The molecule has 3 nitrogen and oxygen atoms in total. The fraction of sp³-hybridized carbons (Fsp3) is 0.833. The number of unbranched alkanes of at least 4 members (excludes halogenated alkanes) is 10. The highest BCUT2D eigenvalue weighted by atomic mass is 16.4. The van der Waals surface area contributed by atoms with E-state index in [0.717, 1.165) is 25.7 Å². The van der Waals surface area contributed by atoms with Crippen LogP contribution in [0.4, 0.5) is 0 Å². The van der Waals surface area contributed by atoms with Gasteiger partial charge in [0.1, 0.15) is 0 Å². The first-order chi connectivity index (χ1) is 10.2. The van der Waals surface area contributed by atoms with E-state index in [9.17, 15) is 4.79 Å². The Kier molecular flexibility index (Phi) is 14.9. The summed E-state index contributed by atoms with van der Waals surface area (Å²) in [6.07, 6.45) is 18.3. The van der Waals surface area contributed by atoms with Gasteiger partial charge in [-0.2, -0.15) is 0 Å². The molecule has 2 N–H and O–H groups in total. The Labute approximate surface area is 130 Å². The predicted octanol–water partition coefficient (Wildman–Crippen LogP) is 5.08. The highest BCUT2D eigenvalue weighted by molar-refractivity contribution is 5.71. The van der Waals surface area contributed by atoms with Crippen LogP contribution in [-0.4, -0.2) is 22.3 Å². The van der Waals surface area contributed by atoms with Crippen molar-refractivity contribution in [2.45, 2.75) is 96.5 Å². The fourth-order valence-electron chi connectivity index (χ4n) is 2.36. The van der Waals surface area contributed by atoms with Crippen molar-refractivity contribution < 1.29 is 15.0 Å². The molecule has 0 rings (SSSR count). The lowest BCUT2D eigenvalue weighted by atomic mass is 10.1. The summed E-state index contributed by atoms with van der Waals surface area (Å²) in [4.78, 5) is 10.4. The number of aliphatic carboxylic acids is 1. The first kappa shape index (κ1) is 20.2. The summed E-state index contributed by atoms with van der Waals surface area (Å²) < 4.78 is 0. The van der Waals surface area contributed by atoms with Gasteiger partial charge in [-0.3, -0.25) is 0 Å². The number of allylic oxidation sites excluding steroid dienone is 2. The first-order valence-corrected chi connectivity index (χ1v) is 8.74. The number of aliphatic hydroxyl groups excluding tert-OH is 1. The van der Waals surface area contributed by atoms with Crippen molar-refractivity contribution in [3.63, 3.8) is 0 Å². The lowest BCUT2D eigenvalue weighted by Gasteiger charge is -2.04. The first-order valence-electron chi connectivity index (χ1n) is 8.74. The molecule has 0 aromatic rings. The standard InChI is InChI=1S/C18H34O3/c1-2-3-4-5-6-7-8-9-10-11-12-13-14-15-16-17(19)18(20)21/h8-9,17,19H,2-7,10-16H2,1H3,(H,20,21)/b9-8+. The highest BCUT2D eigenvalue weighted by Crippen LogP contribution is 2.10. The average Bonchev–Trinajstić information content (AvgIpc) is 2.47. The van der Waals surface area contributed by atoms with E-state index in [4.69, 9.17) is 10.2 Å². The third-order valence-corrected chi connectivity index (χ3v) is 3.77. The molecule has 0 fully saturated rings. The number of rotatable bonds is 15. The van der Waals surface area contributed by atoms with Crippen LogP contribution >= 0.6 is 0 Å². The molecule has 0 aromatic carbocycles. The molecule has 0 aromatic heterocycles. The topological polar surface area (TPSA) is 57.5 Å². The van der Waals surface area contributed by atoms with Crippen LogP contribution < -0.4 is 0 Å². The molecule has 0 bridgehead atoms. The normalized spacial score (nSPS) is 12.9. The Hall–Kier alpha value is -0.830. The van der Waals surface area contributed by atoms with Gasteiger partial charge >= 0.3 is 5.97 Å². The molecule has 0 radical (unpaired) electrons. The molecular weight excluding hydrogens is 264 g/mol. The molecule has 1 atom stereocenters. The van der Waals surface area contributed by atoms with Gasteiger partial charge < -0.3 is 10.2 Å². The number of aliphatic hydroxyl groups is 1. The minimum atomic E-state index is -1.18. The molecule has 0 saturated heterocycles. The molecule has 0 aliphatic carbocycles. The highest BCUT2D eigenvalue weighted by Gasteiger charge is 2.11. The summed E-state index contributed by atoms with van der Waals surface area (Å²) in [7, 11) is 0. The van der Waals surface area contributed by atoms with E-state index in [1.807, 2.05) is 0 Å². The fourth-order valence-corrected chi connectivity index (χ4v) is 2.36. The maximum absolute atomic E-state index is 10.4. The van der Waals surface area contributed by atoms with E-state index in [1.165, 1.54) is 51.4 Å². The number of hydrogen-bond acceptors (Lipinski definition) is 2. The Morgan fingerprint density at radius 2 is 1.33 bits per heavy atom. The zero-order chi connectivity index (χ0) is 15.8. The lowest BCUT2D eigenvalue weighted by Crippen LogP contribution is -2.18. The molecule has 21 heavy (non-hydrogen) atoms. The van der Waals surface area contributed by atoms with Crippen LogP contribution in [0.3, 0.4) is 0 Å². The van der Waals surface area contributed by atoms with Crippen LogP contribution in [0.1, 0.15) is 90.4 Å². The van der Waals surface area contributed by atoms with Crippen LogP contribution in [0.2, 0.25) is 0 Å². The van der Waals surface area contributed by atoms with E-state index in [-0.39, 0.29) is 0 Å². The third-order valence-electron chi connectivity index (χ3n) is 3.77. The SMILES string of the molecule is CCCCCCC/C=C/CCCCCCCC(O)C(=O)O. The van der Waals surface area contributed by atoms with Gasteiger partial charge in [0.15, 0.2) is 6.10 Å². The van der Waals surface area contributed by atoms with Crippen molar-refractivity contribution in [2.24, 2.45) is 0 Å². The number of hydrogen-bond donors (Lipinski definition) is 2. The van der Waals surface area contributed by atoms with Gasteiger partial charge in [-0.1, -0.05) is 70.4 Å². The maximum Gasteiger partial charge on any atom is 0.332 e. The summed E-state index contributed by atoms with van der Waals surface area (Å²) in [5, 5.41) is 17.6. The van der Waals surface area contributed by atoms with Crippen molar-refractivity contribution in [3.8, 4) is 0 Å². The predicted molar refractivity (Wildman–Crippen MR) is 88.5 cm³/mol. The summed E-state index contributed by atoms with van der Waals surface area (Å²) in [6.45, 7) is 2.24. The zero-order valence-electron chi connectivity index (χ0n) is 13.7. The second-order valence-electron chi connectivity index (χ2n) is 5.87. The second-order valence-corrected chi connectivity index (χ2v) is 5.87. The van der Waals surface area contributed by atoms with Crippen molar-refractivity contribution in [2.75, 3.05) is 0 Å². The van der Waals surface area contributed by atoms with Crippen molar-refractivity contribution in [3.05, 3.63) is 12.2 Å². The molecule has 0 aliphatic heterocycles. The summed E-state index contributed by atoms with van der Waals surface area (Å²) in [5.41, 5.74) is 0. The summed E-state index contributed by atoms with van der Waals surface area (Å²) >= 11 is 0. The molecule has 124 valence electrons. The lowest BCUT2D eigenvalue weighted by molar-refractivity contribution is -0.146. The summed E-state index contributed by atoms with van der Waals surface area (Å²) in [5.74, 6) is -1.10. The summed E-state index contributed by atoms with van der Waals surface area (Å²) in [6, 6.07) is 0. The quantitative estimate of drug-likeness (QED) is 0.327. The van der Waals surface area contributed by atoms with Crippen molar-refractivity contribution in [1.29, 1.82) is 0 Å². The largest absolute Gasteiger partial charge is 0.479 e. The average molecular weight is 298 g/mol. The molecule has 1 unspecified atom stereocenters. The van der Waals surface area contributed by atoms with Crippen molar-refractivity contribution >= 4 is 5.97 Å². The van der Waals surface area contributed by atoms with Gasteiger partial charge in [-0.05, 0) is 32.1 Å². The van der Waals surface area contributed by atoms with Gasteiger partial charge in [0.05, 0.1) is 0 Å². The molecule has 3 heteroatoms. The van der Waals surface area contributed by atoms with Crippen LogP contribution in [0.25, 0.3) is 0 Å². The Balaban J connectivity index is 3.16. The minimum Gasteiger partial charge on any atom is -0.479 e. The van der Waals surface area contributed by atoms with Crippen LogP contribution in [0.15, 0.2) is 12.2 Å². The number of carbonyl (C=O) groups is 1. The van der Waals surface area contributed by atoms with Gasteiger partial charge in [0, 0.05) is 0 Å². The zero-order valence-corrected chi connectivity index (χ0v) is 13.7. The number of carboxylic acid groups (broad SMARTS) is 1. The van der Waals surface area contributed by atoms with Crippen LogP contribution in [0.5, 0.6) is 0 Å². The van der Waals surface area contributed by atoms with Gasteiger partial charge in [0.2, 0.25) is 0 Å². The Bertz CT molecular complexity index is 261. The molecular formula is C18H34O3. The van der Waals surface area contributed by atoms with Crippen LogP contribution in [0, 0.1) is 0 Å². The maximum atomic E-state index is 10.4. The van der Waals surface area contributed by atoms with E-state index in [0.29, 0.717) is 6.42 Å². The van der Waals surface area contributed by atoms with E-state index >= 15 is 0 Å².